The van der Waals surface area contributed by atoms with Crippen LogP contribution in [0.25, 0.3) is 0 Å². The third-order valence-electron chi connectivity index (χ3n) is 4.12. The molecule has 1 saturated heterocycles. The van der Waals surface area contributed by atoms with Gasteiger partial charge in [-0.15, -0.1) is 0 Å². The zero-order valence-corrected chi connectivity index (χ0v) is 13.1. The number of aromatic carboxylic acids is 1. The molecule has 0 amide bonds. The first kappa shape index (κ1) is 15.6. The van der Waals surface area contributed by atoms with E-state index >= 15 is 0 Å². The number of hydrogen-bond acceptors (Lipinski definition) is 3. The highest BCUT2D eigenvalue weighted by Gasteiger charge is 2.16. The number of carbonyl (C=O) groups is 1. The van der Waals surface area contributed by atoms with Gasteiger partial charge in [-0.05, 0) is 49.2 Å². The molecule has 1 heterocycles. The molecule has 1 aliphatic heterocycles. The zero-order valence-electron chi connectivity index (χ0n) is 13.1. The Kier molecular flexibility index (Phi) is 4.93. The molecule has 4 nitrogen and oxygen atoms in total. The van der Waals surface area contributed by atoms with Crippen molar-refractivity contribution in [2.75, 3.05) is 13.1 Å². The fourth-order valence-electron chi connectivity index (χ4n) is 2.90. The number of likely N-dealkylation sites (tertiary alicyclic amines) is 1. The van der Waals surface area contributed by atoms with Gasteiger partial charge < -0.3 is 9.84 Å². The first-order valence-corrected chi connectivity index (χ1v) is 7.98. The third kappa shape index (κ3) is 4.11. The third-order valence-corrected chi connectivity index (χ3v) is 4.12. The van der Waals surface area contributed by atoms with Crippen LogP contribution in [0.2, 0.25) is 0 Å². The van der Waals surface area contributed by atoms with Crippen LogP contribution in [0, 0.1) is 0 Å². The molecule has 3 rings (SSSR count). The highest BCUT2D eigenvalue weighted by atomic mass is 16.5. The molecule has 4 heteroatoms. The molecule has 0 atom stereocenters. The van der Waals surface area contributed by atoms with Gasteiger partial charge in [0.05, 0.1) is 0 Å². The molecule has 23 heavy (non-hydrogen) atoms. The van der Waals surface area contributed by atoms with Crippen molar-refractivity contribution in [1.82, 2.24) is 4.90 Å². The van der Waals surface area contributed by atoms with E-state index in [-0.39, 0.29) is 5.56 Å². The average molecular weight is 311 g/mol. The standard InChI is InChI=1S/C19H21NO3/c21-19(22)17-12-16(13-20-10-4-5-11-20)8-9-18(17)23-14-15-6-2-1-3-7-15/h1-3,6-9,12H,4-5,10-11,13-14H2,(H,21,22). The normalized spacial score (nSPS) is 14.8. The number of rotatable bonds is 6. The van der Waals surface area contributed by atoms with E-state index < -0.39 is 5.97 Å². The number of nitrogens with zero attached hydrogens (tertiary/aromatic N) is 1. The smallest absolute Gasteiger partial charge is 0.339 e. The van der Waals surface area contributed by atoms with Crippen LogP contribution in [0.5, 0.6) is 5.75 Å². The molecule has 1 aliphatic rings. The molecule has 0 aromatic heterocycles. The van der Waals surface area contributed by atoms with Gasteiger partial charge in [0.25, 0.3) is 0 Å². The van der Waals surface area contributed by atoms with E-state index in [1.54, 1.807) is 12.1 Å². The van der Waals surface area contributed by atoms with Crippen molar-refractivity contribution in [2.24, 2.45) is 0 Å². The van der Waals surface area contributed by atoms with Crippen molar-refractivity contribution in [3.8, 4) is 5.75 Å². The number of ether oxygens (including phenoxy) is 1. The summed E-state index contributed by atoms with van der Waals surface area (Å²) in [6.45, 7) is 3.36. The molecule has 2 aromatic rings. The Bertz CT molecular complexity index is 664. The fourth-order valence-corrected chi connectivity index (χ4v) is 2.90. The van der Waals surface area contributed by atoms with Gasteiger partial charge >= 0.3 is 5.97 Å². The van der Waals surface area contributed by atoms with Crippen LogP contribution in [0.15, 0.2) is 48.5 Å². The summed E-state index contributed by atoms with van der Waals surface area (Å²) in [5.41, 5.74) is 2.28. The minimum atomic E-state index is -0.948. The maximum atomic E-state index is 11.5. The molecule has 1 N–H and O–H groups in total. The first-order chi connectivity index (χ1) is 11.2. The van der Waals surface area contributed by atoms with Crippen LogP contribution in [0.3, 0.4) is 0 Å². The minimum absolute atomic E-state index is 0.234. The predicted molar refractivity (Wildman–Crippen MR) is 88.7 cm³/mol. The summed E-state index contributed by atoms with van der Waals surface area (Å²) in [5, 5.41) is 9.45. The highest BCUT2D eigenvalue weighted by molar-refractivity contribution is 5.91. The monoisotopic (exact) mass is 311 g/mol. The molecule has 0 radical (unpaired) electrons. The highest BCUT2D eigenvalue weighted by Crippen LogP contribution is 2.23. The Morgan fingerprint density at radius 3 is 2.48 bits per heavy atom. The van der Waals surface area contributed by atoms with E-state index in [9.17, 15) is 9.90 Å². The van der Waals surface area contributed by atoms with E-state index in [1.807, 2.05) is 36.4 Å². The molecule has 0 unspecified atom stereocenters. The maximum Gasteiger partial charge on any atom is 0.339 e. The van der Waals surface area contributed by atoms with Crippen LogP contribution in [-0.2, 0) is 13.2 Å². The summed E-state index contributed by atoms with van der Waals surface area (Å²) in [5.74, 6) is -0.525. The van der Waals surface area contributed by atoms with Crippen LogP contribution in [-0.4, -0.2) is 29.1 Å². The van der Waals surface area contributed by atoms with E-state index in [0.717, 1.165) is 30.8 Å². The van der Waals surface area contributed by atoms with Crippen molar-refractivity contribution in [2.45, 2.75) is 26.0 Å². The quantitative estimate of drug-likeness (QED) is 0.886. The van der Waals surface area contributed by atoms with Gasteiger partial charge in [0.2, 0.25) is 0 Å². The Labute approximate surface area is 136 Å². The second-order valence-electron chi connectivity index (χ2n) is 5.89. The van der Waals surface area contributed by atoms with Crippen LogP contribution < -0.4 is 4.74 Å². The molecule has 0 saturated carbocycles. The van der Waals surface area contributed by atoms with Gasteiger partial charge in [-0.25, -0.2) is 4.79 Å². The molecule has 0 spiro atoms. The first-order valence-electron chi connectivity index (χ1n) is 7.98. The van der Waals surface area contributed by atoms with Gasteiger partial charge in [-0.2, -0.15) is 0 Å². The predicted octanol–water partition coefficient (Wildman–Crippen LogP) is 3.56. The Morgan fingerprint density at radius 1 is 1.04 bits per heavy atom. The summed E-state index contributed by atoms with van der Waals surface area (Å²) in [6.07, 6.45) is 2.45. The molecule has 120 valence electrons. The van der Waals surface area contributed by atoms with Gasteiger partial charge in [0.15, 0.2) is 0 Å². The molecule has 2 aromatic carbocycles. The summed E-state index contributed by atoms with van der Waals surface area (Å²) in [6, 6.07) is 15.2. The van der Waals surface area contributed by atoms with Crippen molar-refractivity contribution in [3.05, 3.63) is 65.2 Å². The van der Waals surface area contributed by atoms with Crippen LogP contribution >= 0.6 is 0 Å². The molecular formula is C19H21NO3. The Hall–Kier alpha value is -2.33. The second-order valence-corrected chi connectivity index (χ2v) is 5.89. The molecule has 0 bridgehead atoms. The van der Waals surface area contributed by atoms with Crippen molar-refractivity contribution < 1.29 is 14.6 Å². The SMILES string of the molecule is O=C(O)c1cc(CN2CCCC2)ccc1OCc1ccccc1. The number of carboxylic acids is 1. The van der Waals surface area contributed by atoms with Crippen molar-refractivity contribution >= 4 is 5.97 Å². The fraction of sp³-hybridized carbons (Fsp3) is 0.316. The minimum Gasteiger partial charge on any atom is -0.488 e. The Morgan fingerprint density at radius 2 is 1.78 bits per heavy atom. The van der Waals surface area contributed by atoms with Crippen molar-refractivity contribution in [3.63, 3.8) is 0 Å². The number of benzene rings is 2. The molecular weight excluding hydrogens is 290 g/mol. The summed E-state index contributed by atoms with van der Waals surface area (Å²) in [7, 11) is 0. The molecule has 1 fully saturated rings. The van der Waals surface area contributed by atoms with Gasteiger partial charge in [0, 0.05) is 6.54 Å². The lowest BCUT2D eigenvalue weighted by atomic mass is 10.1. The number of carboxylic acid groups (broad SMARTS) is 1. The maximum absolute atomic E-state index is 11.5. The Balaban J connectivity index is 1.72. The van der Waals surface area contributed by atoms with Crippen LogP contribution in [0.4, 0.5) is 0 Å². The topological polar surface area (TPSA) is 49.8 Å². The molecule has 0 aliphatic carbocycles. The van der Waals surface area contributed by atoms with Crippen LogP contribution in [0.1, 0.15) is 34.3 Å². The average Bonchev–Trinajstić information content (AvgIpc) is 3.07. The zero-order chi connectivity index (χ0) is 16.1. The van der Waals surface area contributed by atoms with E-state index in [1.165, 1.54) is 12.8 Å². The van der Waals surface area contributed by atoms with E-state index in [2.05, 4.69) is 4.90 Å². The summed E-state index contributed by atoms with van der Waals surface area (Å²) >= 11 is 0. The lowest BCUT2D eigenvalue weighted by Gasteiger charge is -2.16. The van der Waals surface area contributed by atoms with Gasteiger partial charge in [-0.1, -0.05) is 36.4 Å². The van der Waals surface area contributed by atoms with E-state index in [4.69, 9.17) is 4.74 Å². The van der Waals surface area contributed by atoms with Crippen molar-refractivity contribution in [1.29, 1.82) is 0 Å². The largest absolute Gasteiger partial charge is 0.488 e. The lowest BCUT2D eigenvalue weighted by molar-refractivity contribution is 0.0691. The number of hydrogen-bond donors (Lipinski definition) is 1. The van der Waals surface area contributed by atoms with Gasteiger partial charge in [-0.3, -0.25) is 4.90 Å². The second kappa shape index (κ2) is 7.29. The van der Waals surface area contributed by atoms with E-state index in [0.29, 0.717) is 12.4 Å². The summed E-state index contributed by atoms with van der Waals surface area (Å²) < 4.78 is 5.72. The summed E-state index contributed by atoms with van der Waals surface area (Å²) in [4.78, 5) is 13.9. The lowest BCUT2D eigenvalue weighted by Crippen LogP contribution is -2.18. The van der Waals surface area contributed by atoms with Gasteiger partial charge in [0.1, 0.15) is 17.9 Å².